The molecule has 1 aromatic rings. The molecule has 0 fully saturated rings. The smallest absolute Gasteiger partial charge is 0.231 e. The largest absolute Gasteiger partial charge is 0.454 e. The zero-order valence-electron chi connectivity index (χ0n) is 9.65. The SMILES string of the molecule is CCC(CN)C(O)c1cc(Cl)c2c(c1)OCO2. The van der Waals surface area contributed by atoms with Crippen molar-refractivity contribution in [1.82, 2.24) is 0 Å². The summed E-state index contributed by atoms with van der Waals surface area (Å²) in [6.07, 6.45) is 0.181. The second-order valence-corrected chi connectivity index (χ2v) is 4.49. The molecule has 0 aliphatic carbocycles. The van der Waals surface area contributed by atoms with Gasteiger partial charge in [0.05, 0.1) is 11.1 Å². The zero-order chi connectivity index (χ0) is 12.4. The second kappa shape index (κ2) is 5.12. The number of benzene rings is 1. The van der Waals surface area contributed by atoms with Crippen LogP contribution in [-0.2, 0) is 0 Å². The number of aliphatic hydroxyl groups is 1. The van der Waals surface area contributed by atoms with E-state index in [1.54, 1.807) is 12.1 Å². The number of aliphatic hydroxyl groups excluding tert-OH is 1. The van der Waals surface area contributed by atoms with Crippen LogP contribution >= 0.6 is 11.6 Å². The standard InChI is InChI=1S/C12H16ClNO3/c1-2-7(5-14)11(15)8-3-9(13)12-10(4-8)16-6-17-12/h3-4,7,11,15H,2,5-6,14H2,1H3. The number of ether oxygens (including phenoxy) is 2. The first-order valence-corrected chi connectivity index (χ1v) is 6.02. The molecule has 0 amide bonds. The predicted octanol–water partition coefficient (Wildman–Crippen LogP) is 2.09. The average Bonchev–Trinajstić information content (AvgIpc) is 2.79. The highest BCUT2D eigenvalue weighted by atomic mass is 35.5. The van der Waals surface area contributed by atoms with Gasteiger partial charge in [-0.15, -0.1) is 0 Å². The highest BCUT2D eigenvalue weighted by Gasteiger charge is 2.24. The van der Waals surface area contributed by atoms with Gasteiger partial charge in [0.25, 0.3) is 0 Å². The lowest BCUT2D eigenvalue weighted by Crippen LogP contribution is -2.21. The third kappa shape index (κ3) is 2.34. The summed E-state index contributed by atoms with van der Waals surface area (Å²) in [5.74, 6) is 1.15. The maximum absolute atomic E-state index is 10.2. The van der Waals surface area contributed by atoms with Crippen LogP contribution in [0, 0.1) is 5.92 Å². The van der Waals surface area contributed by atoms with Crippen molar-refractivity contribution in [2.45, 2.75) is 19.4 Å². The topological polar surface area (TPSA) is 64.7 Å². The van der Waals surface area contributed by atoms with Crippen LogP contribution in [-0.4, -0.2) is 18.4 Å². The molecule has 1 aromatic carbocycles. The Kier molecular flexibility index (Phi) is 3.76. The number of halogens is 1. The van der Waals surface area contributed by atoms with Crippen LogP contribution in [0.15, 0.2) is 12.1 Å². The lowest BCUT2D eigenvalue weighted by atomic mass is 9.93. The lowest BCUT2D eigenvalue weighted by Gasteiger charge is -2.20. The number of nitrogens with two attached hydrogens (primary N) is 1. The summed E-state index contributed by atoms with van der Waals surface area (Å²) < 4.78 is 10.5. The lowest BCUT2D eigenvalue weighted by molar-refractivity contribution is 0.110. The summed E-state index contributed by atoms with van der Waals surface area (Å²) in [6, 6.07) is 3.47. The fraction of sp³-hybridized carbons (Fsp3) is 0.500. The van der Waals surface area contributed by atoms with E-state index in [9.17, 15) is 5.11 Å². The van der Waals surface area contributed by atoms with Gasteiger partial charge in [-0.25, -0.2) is 0 Å². The molecule has 0 saturated heterocycles. The van der Waals surface area contributed by atoms with Crippen molar-refractivity contribution >= 4 is 11.6 Å². The summed E-state index contributed by atoms with van der Waals surface area (Å²) in [4.78, 5) is 0. The van der Waals surface area contributed by atoms with Crippen molar-refractivity contribution in [1.29, 1.82) is 0 Å². The monoisotopic (exact) mass is 257 g/mol. The molecule has 0 aromatic heterocycles. The van der Waals surface area contributed by atoms with Gasteiger partial charge in [0, 0.05) is 5.92 Å². The molecule has 5 heteroatoms. The molecule has 1 heterocycles. The minimum absolute atomic E-state index is 0.0199. The van der Waals surface area contributed by atoms with Crippen molar-refractivity contribution in [2.24, 2.45) is 11.7 Å². The first-order valence-electron chi connectivity index (χ1n) is 5.64. The molecule has 1 aliphatic heterocycles. The van der Waals surface area contributed by atoms with Crippen molar-refractivity contribution in [2.75, 3.05) is 13.3 Å². The van der Waals surface area contributed by atoms with E-state index in [1.165, 1.54) is 0 Å². The Morgan fingerprint density at radius 1 is 1.47 bits per heavy atom. The minimum atomic E-state index is -0.628. The fourth-order valence-corrected chi connectivity index (χ4v) is 2.22. The van der Waals surface area contributed by atoms with Crippen molar-refractivity contribution in [3.8, 4) is 11.5 Å². The van der Waals surface area contributed by atoms with Gasteiger partial charge in [-0.05, 0) is 30.7 Å². The van der Waals surface area contributed by atoms with Gasteiger partial charge in [0.1, 0.15) is 0 Å². The molecule has 2 rings (SSSR count). The Morgan fingerprint density at radius 3 is 2.88 bits per heavy atom. The summed E-state index contributed by atoms with van der Waals surface area (Å²) in [7, 11) is 0. The first-order chi connectivity index (χ1) is 8.17. The van der Waals surface area contributed by atoms with Crippen molar-refractivity contribution in [3.05, 3.63) is 22.7 Å². The molecule has 94 valence electrons. The molecule has 2 atom stereocenters. The van der Waals surface area contributed by atoms with Crippen LogP contribution in [0.5, 0.6) is 11.5 Å². The third-order valence-corrected chi connectivity index (χ3v) is 3.35. The van der Waals surface area contributed by atoms with Crippen LogP contribution in [0.25, 0.3) is 0 Å². The molecular formula is C12H16ClNO3. The highest BCUT2D eigenvalue weighted by Crippen LogP contribution is 2.42. The summed E-state index contributed by atoms with van der Waals surface area (Å²) in [5, 5.41) is 10.7. The molecular weight excluding hydrogens is 242 g/mol. The van der Waals surface area contributed by atoms with Crippen LogP contribution < -0.4 is 15.2 Å². The van der Waals surface area contributed by atoms with E-state index in [-0.39, 0.29) is 12.7 Å². The van der Waals surface area contributed by atoms with Crippen LogP contribution in [0.1, 0.15) is 25.0 Å². The van der Waals surface area contributed by atoms with Gasteiger partial charge in [-0.2, -0.15) is 0 Å². The van der Waals surface area contributed by atoms with E-state index in [1.807, 2.05) is 6.92 Å². The van der Waals surface area contributed by atoms with Gasteiger partial charge >= 0.3 is 0 Å². The minimum Gasteiger partial charge on any atom is -0.454 e. The quantitative estimate of drug-likeness (QED) is 0.867. The first kappa shape index (κ1) is 12.5. The normalized spacial score (nSPS) is 16.9. The average molecular weight is 258 g/mol. The van der Waals surface area contributed by atoms with E-state index < -0.39 is 6.10 Å². The summed E-state index contributed by atoms with van der Waals surface area (Å²) >= 11 is 6.06. The maximum atomic E-state index is 10.2. The van der Waals surface area contributed by atoms with Crippen molar-refractivity contribution < 1.29 is 14.6 Å². The predicted molar refractivity (Wildman–Crippen MR) is 65.4 cm³/mol. The Balaban J connectivity index is 2.30. The molecule has 2 unspecified atom stereocenters. The molecule has 0 radical (unpaired) electrons. The van der Waals surface area contributed by atoms with E-state index in [4.69, 9.17) is 26.8 Å². The van der Waals surface area contributed by atoms with E-state index in [0.29, 0.717) is 23.1 Å². The van der Waals surface area contributed by atoms with Crippen molar-refractivity contribution in [3.63, 3.8) is 0 Å². The molecule has 0 spiro atoms. The zero-order valence-corrected chi connectivity index (χ0v) is 10.4. The molecule has 4 nitrogen and oxygen atoms in total. The Morgan fingerprint density at radius 2 is 2.24 bits per heavy atom. The number of hydrogen-bond donors (Lipinski definition) is 2. The molecule has 17 heavy (non-hydrogen) atoms. The molecule has 3 N–H and O–H groups in total. The highest BCUT2D eigenvalue weighted by molar-refractivity contribution is 6.32. The van der Waals surface area contributed by atoms with Crippen LogP contribution in [0.3, 0.4) is 0 Å². The molecule has 1 aliphatic rings. The molecule has 0 saturated carbocycles. The summed E-state index contributed by atoms with van der Waals surface area (Å²) in [6.45, 7) is 2.60. The van der Waals surface area contributed by atoms with Gasteiger partial charge in [0.15, 0.2) is 11.5 Å². The van der Waals surface area contributed by atoms with E-state index in [2.05, 4.69) is 0 Å². The van der Waals surface area contributed by atoms with Crippen LogP contribution in [0.4, 0.5) is 0 Å². The van der Waals surface area contributed by atoms with Gasteiger partial charge in [-0.1, -0.05) is 18.5 Å². The Labute approximate surface area is 105 Å². The maximum Gasteiger partial charge on any atom is 0.231 e. The van der Waals surface area contributed by atoms with Gasteiger partial charge in [0.2, 0.25) is 6.79 Å². The summed E-state index contributed by atoms with van der Waals surface area (Å²) in [5.41, 5.74) is 6.34. The van der Waals surface area contributed by atoms with Gasteiger partial charge in [-0.3, -0.25) is 0 Å². The third-order valence-electron chi connectivity index (χ3n) is 3.06. The number of fused-ring (bicyclic) bond motifs is 1. The molecule has 0 bridgehead atoms. The number of hydrogen-bond acceptors (Lipinski definition) is 4. The Hall–Kier alpha value is -0.970. The fourth-order valence-electron chi connectivity index (χ4n) is 1.95. The van der Waals surface area contributed by atoms with Crippen LogP contribution in [0.2, 0.25) is 5.02 Å². The number of rotatable bonds is 4. The van der Waals surface area contributed by atoms with E-state index in [0.717, 1.165) is 12.0 Å². The second-order valence-electron chi connectivity index (χ2n) is 4.09. The Bertz CT molecular complexity index is 407. The van der Waals surface area contributed by atoms with E-state index >= 15 is 0 Å². The van der Waals surface area contributed by atoms with Gasteiger partial charge < -0.3 is 20.3 Å².